The van der Waals surface area contributed by atoms with Crippen LogP contribution in [0.5, 0.6) is 5.75 Å². The molecule has 0 saturated heterocycles. The van der Waals surface area contributed by atoms with Gasteiger partial charge in [-0.2, -0.15) is 10.2 Å². The minimum atomic E-state index is -3.87. The number of hydrogen-bond acceptors (Lipinski definition) is 9. The summed E-state index contributed by atoms with van der Waals surface area (Å²) in [6.07, 6.45) is 1.97. The summed E-state index contributed by atoms with van der Waals surface area (Å²) in [5.41, 5.74) is 3.40. The summed E-state index contributed by atoms with van der Waals surface area (Å²) in [7, 11) is -2.73. The maximum atomic E-state index is 12.4. The highest BCUT2D eigenvalue weighted by atomic mass is 32.2. The fourth-order valence-corrected chi connectivity index (χ4v) is 5.40. The number of benzene rings is 2. The maximum Gasteiger partial charge on any atom is 0.322 e. The Morgan fingerprint density at radius 1 is 1.31 bits per heavy atom. The van der Waals surface area contributed by atoms with Crippen LogP contribution in [0.25, 0.3) is 22.8 Å². The van der Waals surface area contributed by atoms with E-state index in [1.807, 2.05) is 32.0 Å². The van der Waals surface area contributed by atoms with Gasteiger partial charge < -0.3 is 14.0 Å². The Morgan fingerprint density at radius 2 is 2.11 bits per heavy atom. The van der Waals surface area contributed by atoms with E-state index in [1.165, 1.54) is 0 Å². The van der Waals surface area contributed by atoms with Crippen molar-refractivity contribution < 1.29 is 27.2 Å². The molecule has 1 unspecified atom stereocenters. The summed E-state index contributed by atoms with van der Waals surface area (Å²) in [4.78, 5) is 16.0. The second-order valence-electron chi connectivity index (χ2n) is 8.68. The van der Waals surface area contributed by atoms with Gasteiger partial charge in [-0.15, -0.1) is 0 Å². The molecule has 2 aromatic carbocycles. The Hall–Kier alpha value is -3.75. The smallest absolute Gasteiger partial charge is 0.322 e. The van der Waals surface area contributed by atoms with Crippen molar-refractivity contribution in [3.63, 3.8) is 0 Å². The van der Waals surface area contributed by atoms with Crippen molar-refractivity contribution in [1.29, 1.82) is 5.26 Å². The summed E-state index contributed by atoms with van der Waals surface area (Å²) in [5.74, 6) is -0.472. The van der Waals surface area contributed by atoms with Gasteiger partial charge in [0.05, 0.1) is 18.8 Å². The number of nitrogens with one attached hydrogen (secondary N) is 1. The zero-order valence-corrected chi connectivity index (χ0v) is 21.0. The molecule has 0 saturated carbocycles. The van der Waals surface area contributed by atoms with Crippen LogP contribution in [0.1, 0.15) is 49.4 Å². The lowest BCUT2D eigenvalue weighted by Gasteiger charge is -2.27. The van der Waals surface area contributed by atoms with Crippen LogP contribution in [0.15, 0.2) is 40.9 Å². The molecule has 0 aliphatic heterocycles. The van der Waals surface area contributed by atoms with Gasteiger partial charge in [-0.1, -0.05) is 23.4 Å². The second-order valence-corrected chi connectivity index (χ2v) is 10.4. The number of esters is 1. The molecule has 1 aliphatic carbocycles. The van der Waals surface area contributed by atoms with Gasteiger partial charge in [0.15, 0.2) is 5.75 Å². The average Bonchev–Trinajstić information content (AvgIpc) is 3.33. The van der Waals surface area contributed by atoms with E-state index in [9.17, 15) is 18.5 Å². The number of methoxy groups -OCH3 is 1. The van der Waals surface area contributed by atoms with E-state index >= 15 is 0 Å². The van der Waals surface area contributed by atoms with Crippen LogP contribution in [0, 0.1) is 11.3 Å². The van der Waals surface area contributed by atoms with Crippen molar-refractivity contribution in [3.05, 3.63) is 53.1 Å². The summed E-state index contributed by atoms with van der Waals surface area (Å²) in [6, 6.07) is 12.3. The third-order valence-electron chi connectivity index (χ3n) is 5.74. The Morgan fingerprint density at radius 3 is 2.83 bits per heavy atom. The molecule has 1 aliphatic rings. The fraction of sp³-hybridized carbons (Fsp3) is 0.360. The van der Waals surface area contributed by atoms with Crippen LogP contribution < -0.4 is 9.46 Å². The molecule has 10 nitrogen and oxygen atoms in total. The number of nitrogens with zero attached hydrogens (tertiary/aromatic N) is 3. The molecule has 188 valence electrons. The molecule has 3 aromatic rings. The molecule has 1 atom stereocenters. The van der Waals surface area contributed by atoms with E-state index < -0.39 is 27.8 Å². The van der Waals surface area contributed by atoms with Gasteiger partial charge >= 0.3 is 5.97 Å². The monoisotopic (exact) mass is 510 g/mol. The number of sulfonamides is 1. The zero-order chi connectivity index (χ0) is 25.9. The number of hydrogen-bond donors (Lipinski definition) is 1. The highest BCUT2D eigenvalue weighted by Gasteiger charge is 2.29. The summed E-state index contributed by atoms with van der Waals surface area (Å²) >= 11 is 0. The molecule has 1 aromatic heterocycles. The Labute approximate surface area is 209 Å². The number of carbonyl (C=O) groups excluding carboxylic acids is 1. The second kappa shape index (κ2) is 10.5. The SMILES string of the molecule is COC(=O)CS(=O)(=O)NC1CCCc2c(-c3noc(-c4ccc(OC(C)C)c(C#N)c4)n3)cccc21. The Balaban J connectivity index is 1.63. The first-order valence-electron chi connectivity index (χ1n) is 11.4. The molecule has 1 heterocycles. The molecule has 0 amide bonds. The standard InChI is InChI=1S/C25H26N4O6S/c1-15(2)34-22-11-10-16(12-17(22)13-26)25-27-24(28-35-25)20-8-4-7-19-18(20)6-5-9-21(19)29-36(31,32)14-23(30)33-3/h4,7-8,10-12,15,21,29H,5-6,9,14H2,1-3H3. The number of carbonyl (C=O) groups is 1. The van der Waals surface area contributed by atoms with E-state index in [0.717, 1.165) is 30.2 Å². The van der Waals surface area contributed by atoms with Gasteiger partial charge in [0.1, 0.15) is 11.8 Å². The summed E-state index contributed by atoms with van der Waals surface area (Å²) in [6.45, 7) is 3.77. The first-order chi connectivity index (χ1) is 17.2. The number of fused-ring (bicyclic) bond motifs is 1. The minimum Gasteiger partial charge on any atom is -0.490 e. The summed E-state index contributed by atoms with van der Waals surface area (Å²) in [5, 5.41) is 13.7. The van der Waals surface area contributed by atoms with E-state index in [-0.39, 0.29) is 12.0 Å². The van der Waals surface area contributed by atoms with Crippen LogP contribution in [0.2, 0.25) is 0 Å². The van der Waals surface area contributed by atoms with Gasteiger partial charge in [-0.05, 0) is 62.4 Å². The van der Waals surface area contributed by atoms with Crippen molar-refractivity contribution >= 4 is 16.0 Å². The lowest BCUT2D eigenvalue weighted by molar-refractivity contribution is -0.137. The van der Waals surface area contributed by atoms with Crippen molar-refractivity contribution in [3.8, 4) is 34.7 Å². The van der Waals surface area contributed by atoms with Crippen molar-refractivity contribution in [2.45, 2.75) is 45.3 Å². The van der Waals surface area contributed by atoms with E-state index in [1.54, 1.807) is 18.2 Å². The fourth-order valence-electron chi connectivity index (χ4n) is 4.21. The van der Waals surface area contributed by atoms with Crippen molar-refractivity contribution in [2.75, 3.05) is 12.9 Å². The third kappa shape index (κ3) is 5.56. The number of nitriles is 1. The van der Waals surface area contributed by atoms with Crippen LogP contribution in [-0.2, 0) is 26.0 Å². The predicted octanol–water partition coefficient (Wildman–Crippen LogP) is 3.53. The lowest BCUT2D eigenvalue weighted by Crippen LogP contribution is -2.35. The molecule has 0 radical (unpaired) electrons. The van der Waals surface area contributed by atoms with Crippen LogP contribution in [0.3, 0.4) is 0 Å². The van der Waals surface area contributed by atoms with E-state index in [0.29, 0.717) is 35.5 Å². The van der Waals surface area contributed by atoms with Gasteiger partial charge in [-0.25, -0.2) is 13.1 Å². The molecule has 36 heavy (non-hydrogen) atoms. The first kappa shape index (κ1) is 25.3. The normalized spacial score (nSPS) is 15.2. The van der Waals surface area contributed by atoms with Gasteiger partial charge in [-0.3, -0.25) is 4.79 Å². The van der Waals surface area contributed by atoms with E-state index in [4.69, 9.17) is 9.26 Å². The van der Waals surface area contributed by atoms with Crippen molar-refractivity contribution in [2.24, 2.45) is 0 Å². The van der Waals surface area contributed by atoms with Gasteiger partial charge in [0, 0.05) is 17.2 Å². The minimum absolute atomic E-state index is 0.0732. The quantitative estimate of drug-likeness (QED) is 0.450. The molecule has 11 heteroatoms. The maximum absolute atomic E-state index is 12.4. The number of ether oxygens (including phenoxy) is 2. The number of rotatable bonds is 8. The molecule has 0 fully saturated rings. The average molecular weight is 511 g/mol. The molecule has 0 spiro atoms. The van der Waals surface area contributed by atoms with Crippen molar-refractivity contribution in [1.82, 2.24) is 14.9 Å². The predicted molar refractivity (Wildman–Crippen MR) is 130 cm³/mol. The Bertz CT molecular complexity index is 1420. The topological polar surface area (TPSA) is 144 Å². The van der Waals surface area contributed by atoms with Gasteiger partial charge in [0.25, 0.3) is 5.89 Å². The lowest BCUT2D eigenvalue weighted by atomic mass is 9.85. The van der Waals surface area contributed by atoms with Gasteiger partial charge in [0.2, 0.25) is 15.8 Å². The zero-order valence-electron chi connectivity index (χ0n) is 20.1. The molecule has 0 bridgehead atoms. The van der Waals surface area contributed by atoms with Crippen LogP contribution >= 0.6 is 0 Å². The van der Waals surface area contributed by atoms with E-state index in [2.05, 4.69) is 25.7 Å². The highest BCUT2D eigenvalue weighted by Crippen LogP contribution is 2.36. The number of aromatic nitrogens is 2. The van der Waals surface area contributed by atoms with Crippen LogP contribution in [0.4, 0.5) is 0 Å². The molecular weight excluding hydrogens is 484 g/mol. The largest absolute Gasteiger partial charge is 0.490 e. The van der Waals surface area contributed by atoms with Crippen LogP contribution in [-0.4, -0.2) is 43.5 Å². The third-order valence-corrected chi connectivity index (χ3v) is 7.00. The molecular formula is C25H26N4O6S. The molecule has 1 N–H and O–H groups in total. The Kier molecular flexibility index (Phi) is 7.37. The molecule has 4 rings (SSSR count). The first-order valence-corrected chi connectivity index (χ1v) is 13.1. The summed E-state index contributed by atoms with van der Waals surface area (Å²) < 4.78 is 43.2. The highest BCUT2D eigenvalue weighted by molar-refractivity contribution is 7.90.